The SMILES string of the molecule is [O-][n+]1cnc2ccc(Cl)cc2c1-c1ccccc1F. The third-order valence-corrected chi connectivity index (χ3v) is 3.10. The first kappa shape index (κ1) is 11.9. The maximum Gasteiger partial charge on any atom is 0.290 e. The normalized spacial score (nSPS) is 10.8. The van der Waals surface area contributed by atoms with Crippen molar-refractivity contribution in [2.24, 2.45) is 0 Å². The predicted molar refractivity (Wildman–Crippen MR) is 71.1 cm³/mol. The monoisotopic (exact) mass is 274 g/mol. The number of benzene rings is 2. The number of rotatable bonds is 1. The van der Waals surface area contributed by atoms with Gasteiger partial charge in [-0.25, -0.2) is 9.12 Å². The first-order chi connectivity index (χ1) is 9.16. The second-order valence-electron chi connectivity index (χ2n) is 4.06. The van der Waals surface area contributed by atoms with Crippen molar-refractivity contribution in [2.75, 3.05) is 0 Å². The molecule has 0 saturated carbocycles. The molecule has 0 unspecified atom stereocenters. The molecule has 0 aliphatic heterocycles. The van der Waals surface area contributed by atoms with Crippen LogP contribution in [0.2, 0.25) is 5.02 Å². The van der Waals surface area contributed by atoms with Gasteiger partial charge in [-0.1, -0.05) is 23.7 Å². The van der Waals surface area contributed by atoms with E-state index in [0.29, 0.717) is 20.7 Å². The molecule has 0 amide bonds. The molecule has 0 saturated heterocycles. The third kappa shape index (κ3) is 2.00. The Morgan fingerprint density at radius 3 is 2.74 bits per heavy atom. The van der Waals surface area contributed by atoms with E-state index in [1.54, 1.807) is 36.4 Å². The summed E-state index contributed by atoms with van der Waals surface area (Å²) in [5.41, 5.74) is 1.03. The minimum absolute atomic E-state index is 0.214. The standard InChI is InChI=1S/C14H8ClFN2O/c15-9-5-6-13-11(7-9)14(18(19)8-17-13)10-3-1-2-4-12(10)16/h1-8H. The van der Waals surface area contributed by atoms with Crippen molar-refractivity contribution in [3.63, 3.8) is 0 Å². The molecule has 5 heteroatoms. The maximum atomic E-state index is 13.9. The number of nitrogens with zero attached hydrogens (tertiary/aromatic N) is 2. The van der Waals surface area contributed by atoms with Gasteiger partial charge in [0.1, 0.15) is 5.82 Å². The fourth-order valence-electron chi connectivity index (χ4n) is 2.02. The Balaban J connectivity index is 2.43. The van der Waals surface area contributed by atoms with E-state index in [1.165, 1.54) is 6.07 Å². The lowest BCUT2D eigenvalue weighted by molar-refractivity contribution is -0.595. The molecule has 0 N–H and O–H groups in total. The highest BCUT2D eigenvalue weighted by atomic mass is 35.5. The molecule has 0 atom stereocenters. The van der Waals surface area contributed by atoms with Gasteiger partial charge >= 0.3 is 0 Å². The van der Waals surface area contributed by atoms with Crippen LogP contribution in [0.15, 0.2) is 48.8 Å². The molecule has 0 spiro atoms. The van der Waals surface area contributed by atoms with Gasteiger partial charge in [0.05, 0.1) is 10.9 Å². The van der Waals surface area contributed by atoms with Gasteiger partial charge in [-0.3, -0.25) is 0 Å². The summed E-state index contributed by atoms with van der Waals surface area (Å²) < 4.78 is 14.4. The van der Waals surface area contributed by atoms with E-state index in [-0.39, 0.29) is 11.3 Å². The van der Waals surface area contributed by atoms with Gasteiger partial charge in [0.15, 0.2) is 11.2 Å². The van der Waals surface area contributed by atoms with E-state index in [4.69, 9.17) is 11.6 Å². The number of hydrogen-bond donors (Lipinski definition) is 0. The smallest absolute Gasteiger partial charge is 0.290 e. The highest BCUT2D eigenvalue weighted by Gasteiger charge is 2.16. The molecule has 0 radical (unpaired) electrons. The maximum absolute atomic E-state index is 13.9. The van der Waals surface area contributed by atoms with E-state index in [0.717, 1.165) is 6.33 Å². The average molecular weight is 275 g/mol. The highest BCUT2D eigenvalue weighted by Crippen LogP contribution is 2.28. The summed E-state index contributed by atoms with van der Waals surface area (Å²) in [5.74, 6) is -0.459. The van der Waals surface area contributed by atoms with Gasteiger partial charge in [-0.05, 0) is 35.3 Å². The molecule has 94 valence electrons. The zero-order valence-electron chi connectivity index (χ0n) is 9.68. The first-order valence-electron chi connectivity index (χ1n) is 5.59. The number of hydrogen-bond acceptors (Lipinski definition) is 2. The van der Waals surface area contributed by atoms with Crippen molar-refractivity contribution in [3.05, 3.63) is 64.8 Å². The summed E-state index contributed by atoms with van der Waals surface area (Å²) in [7, 11) is 0. The molecule has 0 aliphatic rings. The second-order valence-corrected chi connectivity index (χ2v) is 4.50. The summed E-state index contributed by atoms with van der Waals surface area (Å²) >= 11 is 5.94. The average Bonchev–Trinajstić information content (AvgIpc) is 2.40. The van der Waals surface area contributed by atoms with Crippen LogP contribution in [0, 0.1) is 11.0 Å². The number of fused-ring (bicyclic) bond motifs is 1. The molecular weight excluding hydrogens is 267 g/mol. The van der Waals surface area contributed by atoms with Crippen LogP contribution >= 0.6 is 11.6 Å². The summed E-state index contributed by atoms with van der Waals surface area (Å²) in [6.45, 7) is 0. The highest BCUT2D eigenvalue weighted by molar-refractivity contribution is 6.31. The lowest BCUT2D eigenvalue weighted by atomic mass is 10.1. The van der Waals surface area contributed by atoms with E-state index in [1.807, 2.05) is 0 Å². The van der Waals surface area contributed by atoms with Gasteiger partial charge in [0, 0.05) is 5.02 Å². The minimum Gasteiger partial charge on any atom is -0.710 e. The molecule has 0 fully saturated rings. The summed E-state index contributed by atoms with van der Waals surface area (Å²) in [5, 5.41) is 12.9. The van der Waals surface area contributed by atoms with Crippen molar-refractivity contribution < 1.29 is 9.12 Å². The lowest BCUT2D eigenvalue weighted by Crippen LogP contribution is -2.30. The van der Waals surface area contributed by atoms with Crippen LogP contribution in [0.4, 0.5) is 4.39 Å². The van der Waals surface area contributed by atoms with E-state index < -0.39 is 5.82 Å². The molecule has 0 bridgehead atoms. The van der Waals surface area contributed by atoms with Crippen LogP contribution in [-0.4, -0.2) is 4.98 Å². The van der Waals surface area contributed by atoms with Crippen LogP contribution < -0.4 is 4.73 Å². The van der Waals surface area contributed by atoms with Crippen LogP contribution in [0.5, 0.6) is 0 Å². The molecule has 3 nitrogen and oxygen atoms in total. The molecule has 19 heavy (non-hydrogen) atoms. The van der Waals surface area contributed by atoms with Crippen molar-refractivity contribution >= 4 is 22.5 Å². The Kier molecular flexibility index (Phi) is 2.80. The van der Waals surface area contributed by atoms with Crippen LogP contribution in [0.1, 0.15) is 0 Å². The predicted octanol–water partition coefficient (Wildman–Crippen LogP) is 3.33. The summed E-state index contributed by atoms with van der Waals surface area (Å²) in [6, 6.07) is 11.1. The topological polar surface area (TPSA) is 39.8 Å². The molecule has 3 rings (SSSR count). The minimum atomic E-state index is -0.459. The Bertz CT molecular complexity index is 771. The zero-order valence-corrected chi connectivity index (χ0v) is 10.4. The summed E-state index contributed by atoms with van der Waals surface area (Å²) in [4.78, 5) is 4.01. The molecule has 3 aromatic rings. The van der Waals surface area contributed by atoms with Crippen molar-refractivity contribution in [1.82, 2.24) is 4.98 Å². The Morgan fingerprint density at radius 2 is 1.95 bits per heavy atom. The molecule has 0 aliphatic carbocycles. The van der Waals surface area contributed by atoms with Crippen LogP contribution in [-0.2, 0) is 0 Å². The molecule has 2 aromatic carbocycles. The summed E-state index contributed by atoms with van der Waals surface area (Å²) in [6.07, 6.45) is 1.12. The Labute approximate surface area is 113 Å². The molecule has 1 heterocycles. The quantitative estimate of drug-likeness (QED) is 0.504. The van der Waals surface area contributed by atoms with Gasteiger partial charge in [-0.15, -0.1) is 0 Å². The lowest BCUT2D eigenvalue weighted by Gasteiger charge is -2.11. The van der Waals surface area contributed by atoms with E-state index >= 15 is 0 Å². The fraction of sp³-hybridized carbons (Fsp3) is 0. The Hall–Kier alpha value is -2.20. The largest absolute Gasteiger partial charge is 0.710 e. The molecular formula is C14H8ClFN2O. The van der Waals surface area contributed by atoms with Gasteiger partial charge < -0.3 is 5.21 Å². The molecule has 1 aromatic heterocycles. The van der Waals surface area contributed by atoms with Crippen molar-refractivity contribution in [1.29, 1.82) is 0 Å². The Morgan fingerprint density at radius 1 is 1.16 bits per heavy atom. The zero-order chi connectivity index (χ0) is 13.4. The van der Waals surface area contributed by atoms with Crippen LogP contribution in [0.3, 0.4) is 0 Å². The van der Waals surface area contributed by atoms with Gasteiger partial charge in [0.25, 0.3) is 6.33 Å². The van der Waals surface area contributed by atoms with Gasteiger partial charge in [-0.2, -0.15) is 0 Å². The van der Waals surface area contributed by atoms with Gasteiger partial charge in [0.2, 0.25) is 0 Å². The number of aromatic nitrogens is 2. The number of halogens is 2. The second kappa shape index (κ2) is 4.48. The third-order valence-electron chi connectivity index (χ3n) is 2.86. The van der Waals surface area contributed by atoms with E-state index in [2.05, 4.69) is 4.98 Å². The fourth-order valence-corrected chi connectivity index (χ4v) is 2.19. The van der Waals surface area contributed by atoms with Crippen molar-refractivity contribution in [2.45, 2.75) is 0 Å². The van der Waals surface area contributed by atoms with Crippen LogP contribution in [0.25, 0.3) is 22.2 Å². The van der Waals surface area contributed by atoms with E-state index in [9.17, 15) is 9.60 Å². The van der Waals surface area contributed by atoms with Crippen molar-refractivity contribution in [3.8, 4) is 11.3 Å². The first-order valence-corrected chi connectivity index (χ1v) is 5.97.